The van der Waals surface area contributed by atoms with E-state index in [4.69, 9.17) is 11.6 Å². The number of carbonyl (C=O) groups is 1. The van der Waals surface area contributed by atoms with E-state index >= 15 is 0 Å². The molecule has 0 bridgehead atoms. The summed E-state index contributed by atoms with van der Waals surface area (Å²) in [6.07, 6.45) is 1.52. The average molecular weight is 486 g/mol. The van der Waals surface area contributed by atoms with Gasteiger partial charge in [0.15, 0.2) is 0 Å². The van der Waals surface area contributed by atoms with Crippen LogP contribution in [0.4, 0.5) is 11.4 Å². The summed E-state index contributed by atoms with van der Waals surface area (Å²) in [5, 5.41) is 0.364. The van der Waals surface area contributed by atoms with Gasteiger partial charge in [0.25, 0.3) is 0 Å². The summed E-state index contributed by atoms with van der Waals surface area (Å²) < 4.78 is 51.8. The minimum atomic E-state index is -3.75. The monoisotopic (exact) mass is 485 g/mol. The summed E-state index contributed by atoms with van der Waals surface area (Å²) in [6.45, 7) is 1.69. The molecule has 2 aromatic rings. The zero-order valence-electron chi connectivity index (χ0n) is 17.7. The standard InChI is InChI=1S/C20H24ClN3O5S2/c1-14-5-6-16(21)12-19(14)24(30(4,26)27)13-20(25)23-10-9-15-11-17(7-8-18(15)23)31(28,29)22(2)3/h5-8,11-12H,9-10,13H2,1-4H3. The SMILES string of the molecule is Cc1ccc(Cl)cc1N(CC(=O)N1CCc2cc(S(=O)(=O)N(C)C)ccc21)S(C)(=O)=O. The Kier molecular flexibility index (Phi) is 6.39. The topological polar surface area (TPSA) is 95.1 Å². The summed E-state index contributed by atoms with van der Waals surface area (Å²) >= 11 is 6.05. The number of hydrogen-bond acceptors (Lipinski definition) is 5. The number of nitrogens with zero attached hydrogens (tertiary/aromatic N) is 3. The predicted octanol–water partition coefficient (Wildman–Crippen LogP) is 2.25. The maximum absolute atomic E-state index is 13.1. The van der Waals surface area contributed by atoms with E-state index in [0.717, 1.165) is 20.4 Å². The lowest BCUT2D eigenvalue weighted by Gasteiger charge is -2.26. The van der Waals surface area contributed by atoms with E-state index in [1.807, 2.05) is 0 Å². The van der Waals surface area contributed by atoms with Gasteiger partial charge in [0.2, 0.25) is 26.0 Å². The Balaban J connectivity index is 1.92. The molecule has 0 N–H and O–H groups in total. The van der Waals surface area contributed by atoms with Crippen LogP contribution in [-0.4, -0.2) is 60.5 Å². The third kappa shape index (κ3) is 4.72. The molecule has 3 rings (SSSR count). The van der Waals surface area contributed by atoms with Gasteiger partial charge in [-0.15, -0.1) is 0 Å². The molecule has 8 nitrogen and oxygen atoms in total. The van der Waals surface area contributed by atoms with Gasteiger partial charge in [0.1, 0.15) is 6.54 Å². The fourth-order valence-electron chi connectivity index (χ4n) is 3.45. The summed E-state index contributed by atoms with van der Waals surface area (Å²) in [6, 6.07) is 9.47. The number of halogens is 1. The summed E-state index contributed by atoms with van der Waals surface area (Å²) in [4.78, 5) is 14.7. The van der Waals surface area contributed by atoms with E-state index in [9.17, 15) is 21.6 Å². The number of sulfonamides is 2. The molecule has 2 aromatic carbocycles. The molecule has 168 valence electrons. The highest BCUT2D eigenvalue weighted by atomic mass is 35.5. The summed E-state index contributed by atoms with van der Waals surface area (Å²) in [5.41, 5.74) is 2.32. The molecule has 0 unspecified atom stereocenters. The lowest BCUT2D eigenvalue weighted by Crippen LogP contribution is -2.42. The van der Waals surface area contributed by atoms with E-state index in [-0.39, 0.29) is 4.90 Å². The molecule has 1 heterocycles. The molecule has 11 heteroatoms. The molecule has 0 fully saturated rings. The predicted molar refractivity (Wildman–Crippen MR) is 122 cm³/mol. The number of benzene rings is 2. The first-order valence-electron chi connectivity index (χ1n) is 9.42. The summed E-state index contributed by atoms with van der Waals surface area (Å²) in [5.74, 6) is -0.410. The molecular weight excluding hydrogens is 462 g/mol. The van der Waals surface area contributed by atoms with Gasteiger partial charge in [-0.1, -0.05) is 17.7 Å². The highest BCUT2D eigenvalue weighted by molar-refractivity contribution is 7.92. The molecule has 0 radical (unpaired) electrons. The van der Waals surface area contributed by atoms with Crippen molar-refractivity contribution in [1.29, 1.82) is 0 Å². The zero-order chi connectivity index (χ0) is 23.1. The van der Waals surface area contributed by atoms with Gasteiger partial charge in [-0.05, 0) is 54.8 Å². The maximum atomic E-state index is 13.1. The second-order valence-corrected chi connectivity index (χ2v) is 12.1. The normalized spacial score (nSPS) is 14.1. The highest BCUT2D eigenvalue weighted by Gasteiger charge is 2.31. The van der Waals surface area contributed by atoms with Crippen LogP contribution in [0.25, 0.3) is 0 Å². The van der Waals surface area contributed by atoms with Crippen molar-refractivity contribution in [2.75, 3.05) is 42.6 Å². The van der Waals surface area contributed by atoms with Crippen LogP contribution in [0.1, 0.15) is 11.1 Å². The van der Waals surface area contributed by atoms with E-state index in [2.05, 4.69) is 0 Å². The van der Waals surface area contributed by atoms with Crippen molar-refractivity contribution in [2.45, 2.75) is 18.2 Å². The van der Waals surface area contributed by atoms with E-state index in [0.29, 0.717) is 34.9 Å². The van der Waals surface area contributed by atoms with E-state index < -0.39 is 32.5 Å². The largest absolute Gasteiger partial charge is 0.310 e. The van der Waals surface area contributed by atoms with Crippen LogP contribution in [0.15, 0.2) is 41.3 Å². The molecule has 0 atom stereocenters. The second-order valence-electron chi connectivity index (χ2n) is 7.57. The lowest BCUT2D eigenvalue weighted by atomic mass is 10.2. The van der Waals surface area contributed by atoms with Crippen LogP contribution in [0, 0.1) is 6.92 Å². The van der Waals surface area contributed by atoms with Crippen LogP contribution < -0.4 is 9.21 Å². The molecule has 1 aliphatic heterocycles. The molecular formula is C20H24ClN3O5S2. The third-order valence-corrected chi connectivity index (χ3v) is 8.32. The Morgan fingerprint density at radius 1 is 1.10 bits per heavy atom. The Morgan fingerprint density at radius 3 is 2.39 bits per heavy atom. The number of rotatable bonds is 6. The van der Waals surface area contributed by atoms with E-state index in [1.165, 1.54) is 31.1 Å². The van der Waals surface area contributed by atoms with Crippen molar-refractivity contribution in [1.82, 2.24) is 4.31 Å². The quantitative estimate of drug-likeness (QED) is 0.625. The molecule has 0 saturated carbocycles. The fourth-order valence-corrected chi connectivity index (χ4v) is 5.47. The van der Waals surface area contributed by atoms with Gasteiger partial charge in [-0.2, -0.15) is 0 Å². The lowest BCUT2D eigenvalue weighted by molar-refractivity contribution is -0.117. The van der Waals surface area contributed by atoms with Gasteiger partial charge < -0.3 is 4.90 Å². The molecule has 0 aromatic heterocycles. The van der Waals surface area contributed by atoms with E-state index in [1.54, 1.807) is 31.2 Å². The van der Waals surface area contributed by atoms with Gasteiger partial charge >= 0.3 is 0 Å². The molecule has 0 aliphatic carbocycles. The number of hydrogen-bond donors (Lipinski definition) is 0. The second kappa shape index (κ2) is 8.42. The minimum absolute atomic E-state index is 0.151. The van der Waals surface area contributed by atoms with Crippen molar-refractivity contribution < 1.29 is 21.6 Å². The highest BCUT2D eigenvalue weighted by Crippen LogP contribution is 2.32. The first-order valence-corrected chi connectivity index (χ1v) is 13.1. The average Bonchev–Trinajstić information content (AvgIpc) is 3.10. The van der Waals surface area contributed by atoms with Crippen LogP contribution in [0.2, 0.25) is 5.02 Å². The maximum Gasteiger partial charge on any atom is 0.247 e. The molecule has 1 aliphatic rings. The van der Waals surface area contributed by atoms with Gasteiger partial charge in [0, 0.05) is 31.4 Å². The molecule has 1 amide bonds. The molecule has 0 spiro atoms. The van der Waals surface area contributed by atoms with Crippen LogP contribution in [0.3, 0.4) is 0 Å². The van der Waals surface area contributed by atoms with Crippen LogP contribution in [0.5, 0.6) is 0 Å². The fraction of sp³-hybridized carbons (Fsp3) is 0.350. The number of anilines is 2. The van der Waals surface area contributed by atoms with Gasteiger partial charge in [-0.25, -0.2) is 21.1 Å². The van der Waals surface area contributed by atoms with Gasteiger partial charge in [-0.3, -0.25) is 9.10 Å². The Hall–Kier alpha value is -2.14. The third-order valence-electron chi connectivity index (χ3n) is 5.15. The van der Waals surface area contributed by atoms with Crippen molar-refractivity contribution >= 4 is 48.9 Å². The molecule has 0 saturated heterocycles. The Labute approximate surface area is 188 Å². The number of fused-ring (bicyclic) bond motifs is 1. The Morgan fingerprint density at radius 2 is 1.77 bits per heavy atom. The smallest absolute Gasteiger partial charge is 0.247 e. The number of amides is 1. The van der Waals surface area contributed by atoms with Crippen molar-refractivity contribution in [3.63, 3.8) is 0 Å². The minimum Gasteiger partial charge on any atom is -0.310 e. The van der Waals surface area contributed by atoms with Crippen molar-refractivity contribution in [2.24, 2.45) is 0 Å². The Bertz CT molecular complexity index is 1240. The number of carbonyl (C=O) groups excluding carboxylic acids is 1. The van der Waals surface area contributed by atoms with Gasteiger partial charge in [0.05, 0.1) is 16.8 Å². The van der Waals surface area contributed by atoms with Crippen LogP contribution in [-0.2, 0) is 31.3 Å². The number of aryl methyl sites for hydroxylation is 1. The molecule has 31 heavy (non-hydrogen) atoms. The van der Waals surface area contributed by atoms with Crippen LogP contribution >= 0.6 is 11.6 Å². The summed E-state index contributed by atoms with van der Waals surface area (Å²) in [7, 11) is -4.43. The first-order chi connectivity index (χ1) is 14.3. The first kappa shape index (κ1) is 23.5. The van der Waals surface area contributed by atoms with Crippen molar-refractivity contribution in [3.8, 4) is 0 Å². The zero-order valence-corrected chi connectivity index (χ0v) is 20.1. The van der Waals surface area contributed by atoms with Crippen molar-refractivity contribution in [3.05, 3.63) is 52.5 Å².